The second kappa shape index (κ2) is 6.06. The summed E-state index contributed by atoms with van der Waals surface area (Å²) in [4.78, 5) is 0. The van der Waals surface area contributed by atoms with Crippen LogP contribution in [-0.4, -0.2) is 24.7 Å². The predicted octanol–water partition coefficient (Wildman–Crippen LogP) is 3.04. The van der Waals surface area contributed by atoms with Crippen molar-refractivity contribution in [3.8, 4) is 5.75 Å². The molecule has 0 heterocycles. The van der Waals surface area contributed by atoms with Gasteiger partial charge in [0.25, 0.3) is 0 Å². The molecule has 0 spiro atoms. The molecule has 102 valence electrons. The zero-order chi connectivity index (χ0) is 13.8. The van der Waals surface area contributed by atoms with Crippen LogP contribution in [0.5, 0.6) is 5.75 Å². The number of methoxy groups -OCH3 is 1. The molecule has 0 bridgehead atoms. The minimum atomic E-state index is -4.74. The lowest BCUT2D eigenvalue weighted by atomic mass is 10.0. The average molecular weight is 264 g/mol. The van der Waals surface area contributed by atoms with Crippen molar-refractivity contribution in [2.45, 2.75) is 31.9 Å². The van der Waals surface area contributed by atoms with E-state index in [0.717, 1.165) is 6.07 Å². The number of hydrogen-bond acceptors (Lipinski definition) is 3. The van der Waals surface area contributed by atoms with Crippen LogP contribution < -0.4 is 4.74 Å². The van der Waals surface area contributed by atoms with Gasteiger partial charge in [-0.25, -0.2) is 0 Å². The molecule has 2 atom stereocenters. The van der Waals surface area contributed by atoms with E-state index >= 15 is 0 Å². The topological polar surface area (TPSA) is 38.7 Å². The molecule has 3 nitrogen and oxygen atoms in total. The molecule has 0 saturated carbocycles. The summed E-state index contributed by atoms with van der Waals surface area (Å²) in [7, 11) is 1.44. The van der Waals surface area contributed by atoms with E-state index < -0.39 is 18.6 Å². The fourth-order valence-electron chi connectivity index (χ4n) is 1.63. The number of aliphatic hydroxyl groups is 1. The zero-order valence-corrected chi connectivity index (χ0v) is 10.1. The molecule has 1 aromatic rings. The number of alkyl halides is 3. The Bertz CT molecular complexity index is 375. The smallest absolute Gasteiger partial charge is 0.406 e. The van der Waals surface area contributed by atoms with E-state index in [1.54, 1.807) is 0 Å². The molecule has 1 rings (SSSR count). The van der Waals surface area contributed by atoms with Gasteiger partial charge in [0.2, 0.25) is 0 Å². The molecule has 0 amide bonds. The van der Waals surface area contributed by atoms with Crippen molar-refractivity contribution in [3.63, 3.8) is 0 Å². The van der Waals surface area contributed by atoms with Gasteiger partial charge in [-0.15, -0.1) is 13.2 Å². The van der Waals surface area contributed by atoms with Crippen LogP contribution in [0.3, 0.4) is 0 Å². The third-order valence-corrected chi connectivity index (χ3v) is 2.49. The molecule has 1 aromatic carbocycles. The van der Waals surface area contributed by atoms with Crippen LogP contribution in [0.25, 0.3) is 0 Å². The van der Waals surface area contributed by atoms with E-state index in [0.29, 0.717) is 12.0 Å². The van der Waals surface area contributed by atoms with Crippen LogP contribution in [0, 0.1) is 0 Å². The number of ether oxygens (including phenoxy) is 2. The van der Waals surface area contributed by atoms with E-state index in [1.165, 1.54) is 25.3 Å². The van der Waals surface area contributed by atoms with E-state index in [-0.39, 0.29) is 5.75 Å². The highest BCUT2D eigenvalue weighted by Crippen LogP contribution is 2.27. The minimum Gasteiger partial charge on any atom is -0.406 e. The molecule has 0 aliphatic rings. The molecular weight excluding hydrogens is 249 g/mol. The van der Waals surface area contributed by atoms with Crippen LogP contribution in [-0.2, 0) is 4.74 Å². The molecule has 0 aliphatic heterocycles. The summed E-state index contributed by atoms with van der Waals surface area (Å²) in [6, 6.07) is 5.24. The molecule has 0 fully saturated rings. The molecule has 0 aliphatic carbocycles. The van der Waals surface area contributed by atoms with Crippen molar-refractivity contribution in [2.24, 2.45) is 0 Å². The number of halogens is 3. The average Bonchev–Trinajstić information content (AvgIpc) is 2.28. The van der Waals surface area contributed by atoms with Crippen LogP contribution in [0.1, 0.15) is 25.0 Å². The molecule has 1 N–H and O–H groups in total. The predicted molar refractivity (Wildman–Crippen MR) is 59.2 cm³/mol. The first-order valence-corrected chi connectivity index (χ1v) is 5.44. The van der Waals surface area contributed by atoms with Crippen molar-refractivity contribution in [1.29, 1.82) is 0 Å². The number of hydrogen-bond donors (Lipinski definition) is 1. The highest BCUT2D eigenvalue weighted by molar-refractivity contribution is 5.30. The van der Waals surface area contributed by atoms with Crippen molar-refractivity contribution >= 4 is 0 Å². The lowest BCUT2D eigenvalue weighted by Gasteiger charge is -2.21. The molecule has 0 saturated heterocycles. The third-order valence-electron chi connectivity index (χ3n) is 2.49. The third kappa shape index (κ3) is 4.19. The highest BCUT2D eigenvalue weighted by Gasteiger charge is 2.31. The quantitative estimate of drug-likeness (QED) is 0.888. The lowest BCUT2D eigenvalue weighted by molar-refractivity contribution is -0.274. The molecule has 0 radical (unpaired) electrons. The summed E-state index contributed by atoms with van der Waals surface area (Å²) < 4.78 is 45.0. The number of benzene rings is 1. The summed E-state index contributed by atoms with van der Waals surface area (Å²) in [5, 5.41) is 9.94. The Balaban J connectivity index is 2.87. The number of rotatable bonds is 5. The summed E-state index contributed by atoms with van der Waals surface area (Å²) in [6.07, 6.45) is -5.65. The van der Waals surface area contributed by atoms with Gasteiger partial charge in [-0.2, -0.15) is 0 Å². The van der Waals surface area contributed by atoms with Gasteiger partial charge in [0.05, 0.1) is 6.10 Å². The first-order valence-electron chi connectivity index (χ1n) is 5.44. The van der Waals surface area contributed by atoms with Gasteiger partial charge in [-0.1, -0.05) is 19.1 Å². The second-order valence-electron chi connectivity index (χ2n) is 3.75. The first kappa shape index (κ1) is 14.8. The summed E-state index contributed by atoms with van der Waals surface area (Å²) in [6.45, 7) is 1.81. The Morgan fingerprint density at radius 3 is 2.50 bits per heavy atom. The Morgan fingerprint density at radius 1 is 1.33 bits per heavy atom. The Hall–Kier alpha value is -1.27. The fraction of sp³-hybridized carbons (Fsp3) is 0.500. The summed E-state index contributed by atoms with van der Waals surface area (Å²) in [5.41, 5.74) is 0.324. The van der Waals surface area contributed by atoms with Gasteiger partial charge in [-0.3, -0.25) is 0 Å². The van der Waals surface area contributed by atoms with Crippen LogP contribution in [0.4, 0.5) is 13.2 Å². The van der Waals surface area contributed by atoms with E-state index in [1.807, 2.05) is 6.92 Å². The second-order valence-corrected chi connectivity index (χ2v) is 3.75. The van der Waals surface area contributed by atoms with Crippen LogP contribution in [0.2, 0.25) is 0 Å². The van der Waals surface area contributed by atoms with E-state index in [4.69, 9.17) is 4.74 Å². The van der Waals surface area contributed by atoms with Crippen LogP contribution in [0.15, 0.2) is 24.3 Å². The van der Waals surface area contributed by atoms with Gasteiger partial charge in [0, 0.05) is 7.11 Å². The SMILES string of the molecule is CCC(OC)C(O)c1cccc(OC(F)(F)F)c1. The lowest BCUT2D eigenvalue weighted by Crippen LogP contribution is -2.20. The van der Waals surface area contributed by atoms with Gasteiger partial charge >= 0.3 is 6.36 Å². The van der Waals surface area contributed by atoms with Crippen LogP contribution >= 0.6 is 0 Å². The molecule has 18 heavy (non-hydrogen) atoms. The van der Waals surface area contributed by atoms with Crippen molar-refractivity contribution in [2.75, 3.05) is 7.11 Å². The van der Waals surface area contributed by atoms with Gasteiger partial charge in [0.1, 0.15) is 11.9 Å². The normalized spacial score (nSPS) is 15.2. The Labute approximate surface area is 103 Å². The van der Waals surface area contributed by atoms with Crippen molar-refractivity contribution in [1.82, 2.24) is 0 Å². The zero-order valence-electron chi connectivity index (χ0n) is 10.1. The van der Waals surface area contributed by atoms with Crippen molar-refractivity contribution in [3.05, 3.63) is 29.8 Å². The molecular formula is C12H15F3O3. The van der Waals surface area contributed by atoms with Gasteiger partial charge in [-0.05, 0) is 24.1 Å². The first-order chi connectivity index (χ1) is 8.37. The maximum atomic E-state index is 12.1. The fourth-order valence-corrected chi connectivity index (χ4v) is 1.63. The van der Waals surface area contributed by atoms with E-state index in [9.17, 15) is 18.3 Å². The summed E-state index contributed by atoms with van der Waals surface area (Å²) >= 11 is 0. The van der Waals surface area contributed by atoms with Crippen molar-refractivity contribution < 1.29 is 27.8 Å². The Kier molecular flexibility index (Phi) is 4.98. The minimum absolute atomic E-state index is 0.324. The maximum Gasteiger partial charge on any atom is 0.573 e. The molecule has 0 aromatic heterocycles. The molecule has 2 unspecified atom stereocenters. The van der Waals surface area contributed by atoms with Gasteiger partial charge in [0.15, 0.2) is 0 Å². The van der Waals surface area contributed by atoms with Gasteiger partial charge < -0.3 is 14.6 Å². The Morgan fingerprint density at radius 2 is 2.00 bits per heavy atom. The standard InChI is InChI=1S/C12H15F3O3/c1-3-10(17-2)11(16)8-5-4-6-9(7-8)18-12(13,14)15/h4-7,10-11,16H,3H2,1-2H3. The summed E-state index contributed by atoms with van der Waals surface area (Å²) in [5.74, 6) is -0.356. The maximum absolute atomic E-state index is 12.1. The number of aliphatic hydroxyl groups excluding tert-OH is 1. The molecule has 6 heteroatoms. The highest BCUT2D eigenvalue weighted by atomic mass is 19.4. The largest absolute Gasteiger partial charge is 0.573 e. The van der Waals surface area contributed by atoms with E-state index in [2.05, 4.69) is 4.74 Å². The monoisotopic (exact) mass is 264 g/mol.